The maximum Gasteiger partial charge on any atom is 0.341 e. The Balaban J connectivity index is 1.45. The molecule has 3 heterocycles. The van der Waals surface area contributed by atoms with E-state index in [4.69, 9.17) is 16.3 Å². The van der Waals surface area contributed by atoms with E-state index < -0.39 is 16.0 Å². The molecule has 0 radical (unpaired) electrons. The van der Waals surface area contributed by atoms with Gasteiger partial charge in [0, 0.05) is 23.9 Å². The van der Waals surface area contributed by atoms with Gasteiger partial charge in [0.15, 0.2) is 0 Å². The van der Waals surface area contributed by atoms with Crippen LogP contribution in [-0.2, 0) is 32.4 Å². The first-order chi connectivity index (χ1) is 15.2. The van der Waals surface area contributed by atoms with Crippen molar-refractivity contribution in [3.63, 3.8) is 0 Å². The van der Waals surface area contributed by atoms with Crippen molar-refractivity contribution in [3.05, 3.63) is 32.5 Å². The molecule has 2 aromatic heterocycles. The summed E-state index contributed by atoms with van der Waals surface area (Å²) in [5, 5.41) is 3.50. The fourth-order valence-corrected chi connectivity index (χ4v) is 8.80. The van der Waals surface area contributed by atoms with Crippen LogP contribution < -0.4 is 5.32 Å². The molecule has 1 N–H and O–H groups in total. The van der Waals surface area contributed by atoms with E-state index in [1.54, 1.807) is 6.07 Å². The molecule has 1 amide bonds. The molecule has 1 unspecified atom stereocenters. The van der Waals surface area contributed by atoms with Gasteiger partial charge in [-0.2, -0.15) is 4.31 Å². The van der Waals surface area contributed by atoms with Crippen molar-refractivity contribution >= 4 is 61.2 Å². The van der Waals surface area contributed by atoms with Crippen molar-refractivity contribution in [2.24, 2.45) is 11.8 Å². The molecule has 32 heavy (non-hydrogen) atoms. The number of carbonyl (C=O) groups excluding carboxylic acids is 2. The molecule has 11 heteroatoms. The Kier molecular flexibility index (Phi) is 6.97. The van der Waals surface area contributed by atoms with Gasteiger partial charge in [-0.1, -0.05) is 18.5 Å². The Labute approximate surface area is 200 Å². The number of nitrogens with zero attached hydrogens (tertiary/aromatic N) is 1. The number of methoxy groups -OCH3 is 1. The third-order valence-electron chi connectivity index (χ3n) is 6.11. The number of carbonyl (C=O) groups is 2. The number of halogens is 1. The highest BCUT2D eigenvalue weighted by Gasteiger charge is 2.34. The van der Waals surface area contributed by atoms with E-state index in [9.17, 15) is 18.0 Å². The topological polar surface area (TPSA) is 92.8 Å². The molecule has 4 rings (SSSR count). The predicted molar refractivity (Wildman–Crippen MR) is 126 cm³/mol. The van der Waals surface area contributed by atoms with Gasteiger partial charge in [0.05, 0.1) is 17.0 Å². The van der Waals surface area contributed by atoms with E-state index in [0.29, 0.717) is 33.7 Å². The van der Waals surface area contributed by atoms with Crippen molar-refractivity contribution in [2.75, 3.05) is 25.5 Å². The quantitative estimate of drug-likeness (QED) is 0.594. The largest absolute Gasteiger partial charge is 0.465 e. The van der Waals surface area contributed by atoms with Gasteiger partial charge >= 0.3 is 5.97 Å². The van der Waals surface area contributed by atoms with Gasteiger partial charge in [-0.3, -0.25) is 4.79 Å². The fourth-order valence-electron chi connectivity index (χ4n) is 4.29. The van der Waals surface area contributed by atoms with Gasteiger partial charge in [-0.25, -0.2) is 13.2 Å². The minimum Gasteiger partial charge on any atom is -0.465 e. The molecule has 1 aliphatic heterocycles. The number of hydrogen-bond donors (Lipinski definition) is 1. The monoisotopic (exact) mass is 516 g/mol. The SMILES string of the molecule is COC(=O)c1c(NC(=O)C2CCN(S(=O)(=O)c3ccc(Cl)s3)CC2)sc2c1CCC(C)C2. The molecule has 7 nitrogen and oxygen atoms in total. The maximum atomic E-state index is 13.0. The molecular formula is C21H25ClN2O5S3. The van der Waals surface area contributed by atoms with Gasteiger partial charge in [0.25, 0.3) is 10.0 Å². The summed E-state index contributed by atoms with van der Waals surface area (Å²) in [7, 11) is -2.25. The van der Waals surface area contributed by atoms with Gasteiger partial charge in [0.1, 0.15) is 9.21 Å². The van der Waals surface area contributed by atoms with E-state index in [1.807, 2.05) is 0 Å². The zero-order valence-corrected chi connectivity index (χ0v) is 21.1. The summed E-state index contributed by atoms with van der Waals surface area (Å²) in [4.78, 5) is 26.6. The highest BCUT2D eigenvalue weighted by Crippen LogP contribution is 2.40. The molecule has 0 saturated carbocycles. The predicted octanol–water partition coefficient (Wildman–Crippen LogP) is 4.41. The van der Waals surface area contributed by atoms with Gasteiger partial charge in [0.2, 0.25) is 5.91 Å². The van der Waals surface area contributed by atoms with Crippen LogP contribution in [0.5, 0.6) is 0 Å². The standard InChI is InChI=1S/C21H25ClN2O5S3/c1-12-3-4-14-15(11-12)30-20(18(14)21(26)29-2)23-19(25)13-7-9-24(10-8-13)32(27,28)17-6-5-16(22)31-17/h5-6,12-13H,3-4,7-11H2,1-2H3,(H,23,25). The van der Waals surface area contributed by atoms with E-state index in [2.05, 4.69) is 12.2 Å². The number of sulfonamides is 1. The van der Waals surface area contributed by atoms with E-state index in [1.165, 1.54) is 28.8 Å². The number of amides is 1. The molecule has 1 aliphatic carbocycles. The Morgan fingerprint density at radius 1 is 1.19 bits per heavy atom. The Morgan fingerprint density at radius 3 is 2.53 bits per heavy atom. The minimum absolute atomic E-state index is 0.182. The summed E-state index contributed by atoms with van der Waals surface area (Å²) >= 11 is 8.38. The molecular weight excluding hydrogens is 492 g/mol. The Bertz CT molecular complexity index is 1130. The van der Waals surface area contributed by atoms with Crippen molar-refractivity contribution in [1.82, 2.24) is 4.31 Å². The van der Waals surface area contributed by atoms with Gasteiger partial charge < -0.3 is 10.1 Å². The minimum atomic E-state index is -3.60. The Morgan fingerprint density at radius 2 is 1.91 bits per heavy atom. The van der Waals surface area contributed by atoms with Crippen molar-refractivity contribution < 1.29 is 22.7 Å². The van der Waals surface area contributed by atoms with Crippen LogP contribution in [0.25, 0.3) is 0 Å². The van der Waals surface area contributed by atoms with E-state index in [0.717, 1.165) is 41.0 Å². The number of fused-ring (bicyclic) bond motifs is 1. The summed E-state index contributed by atoms with van der Waals surface area (Å²) in [6.45, 7) is 2.71. The van der Waals surface area contributed by atoms with Crippen LogP contribution in [0, 0.1) is 11.8 Å². The number of hydrogen-bond acceptors (Lipinski definition) is 7. The number of esters is 1. The normalized spacial score (nSPS) is 20.0. The Hall–Kier alpha value is -1.46. The van der Waals surface area contributed by atoms with Gasteiger partial charge in [-0.05, 0) is 55.7 Å². The van der Waals surface area contributed by atoms with Crippen molar-refractivity contribution in [3.8, 4) is 0 Å². The lowest BCUT2D eigenvalue weighted by atomic mass is 9.88. The molecule has 1 fully saturated rings. The molecule has 1 atom stereocenters. The van der Waals surface area contributed by atoms with Crippen LogP contribution in [0.3, 0.4) is 0 Å². The molecule has 2 aliphatic rings. The van der Waals surface area contributed by atoms with Crippen LogP contribution in [-0.4, -0.2) is 44.8 Å². The van der Waals surface area contributed by atoms with Gasteiger partial charge in [-0.15, -0.1) is 22.7 Å². The first kappa shape index (κ1) is 23.7. The first-order valence-electron chi connectivity index (χ1n) is 10.5. The van der Waals surface area contributed by atoms with Crippen LogP contribution in [0.1, 0.15) is 47.0 Å². The zero-order valence-electron chi connectivity index (χ0n) is 17.9. The van der Waals surface area contributed by atoms with Crippen LogP contribution in [0.4, 0.5) is 5.00 Å². The molecule has 0 spiro atoms. The van der Waals surface area contributed by atoms with Crippen LogP contribution >= 0.6 is 34.3 Å². The van der Waals surface area contributed by atoms with Crippen LogP contribution in [0.15, 0.2) is 16.3 Å². The third kappa shape index (κ3) is 4.61. The fraction of sp³-hybridized carbons (Fsp3) is 0.524. The molecule has 1 saturated heterocycles. The average Bonchev–Trinajstić information content (AvgIpc) is 3.36. The number of rotatable bonds is 5. The summed E-state index contributed by atoms with van der Waals surface area (Å²) in [5.41, 5.74) is 1.47. The maximum absolute atomic E-state index is 13.0. The lowest BCUT2D eigenvalue weighted by Gasteiger charge is -2.30. The van der Waals surface area contributed by atoms with E-state index in [-0.39, 0.29) is 29.1 Å². The molecule has 0 bridgehead atoms. The second-order valence-corrected chi connectivity index (χ2v) is 13.3. The number of ether oxygens (including phenoxy) is 1. The first-order valence-corrected chi connectivity index (χ1v) is 13.9. The summed E-state index contributed by atoms with van der Waals surface area (Å²) < 4.78 is 32.6. The summed E-state index contributed by atoms with van der Waals surface area (Å²) in [6.07, 6.45) is 3.53. The summed E-state index contributed by atoms with van der Waals surface area (Å²) in [5.74, 6) is -0.391. The molecule has 0 aromatic carbocycles. The third-order valence-corrected chi connectivity index (χ3v) is 10.9. The zero-order chi connectivity index (χ0) is 23.0. The highest BCUT2D eigenvalue weighted by atomic mass is 35.5. The number of thiophene rings is 2. The number of anilines is 1. The summed E-state index contributed by atoms with van der Waals surface area (Å²) in [6, 6.07) is 3.08. The van der Waals surface area contributed by atoms with Crippen molar-refractivity contribution in [2.45, 2.75) is 43.2 Å². The lowest BCUT2D eigenvalue weighted by molar-refractivity contribution is -0.120. The second kappa shape index (κ2) is 9.42. The van der Waals surface area contributed by atoms with Crippen molar-refractivity contribution in [1.29, 1.82) is 0 Å². The van der Waals surface area contributed by atoms with E-state index >= 15 is 0 Å². The lowest BCUT2D eigenvalue weighted by Crippen LogP contribution is -2.41. The number of nitrogens with one attached hydrogen (secondary N) is 1. The molecule has 174 valence electrons. The molecule has 2 aromatic rings. The number of piperidine rings is 1. The smallest absolute Gasteiger partial charge is 0.341 e. The highest BCUT2D eigenvalue weighted by molar-refractivity contribution is 7.91. The second-order valence-electron chi connectivity index (χ2n) is 8.27. The van der Waals surface area contributed by atoms with Crippen LogP contribution in [0.2, 0.25) is 4.34 Å². The average molecular weight is 517 g/mol.